The van der Waals surface area contributed by atoms with E-state index in [1.165, 1.54) is 0 Å². The zero-order chi connectivity index (χ0) is 14.1. The molecule has 3 heterocycles. The van der Waals surface area contributed by atoms with Crippen LogP contribution in [0.5, 0.6) is 5.75 Å². The van der Waals surface area contributed by atoms with Gasteiger partial charge in [0.25, 0.3) is 0 Å². The van der Waals surface area contributed by atoms with E-state index >= 15 is 0 Å². The van der Waals surface area contributed by atoms with Crippen LogP contribution in [0.2, 0.25) is 0 Å². The molecule has 0 amide bonds. The molecule has 6 heteroatoms. The summed E-state index contributed by atoms with van der Waals surface area (Å²) in [6.45, 7) is 0. The second kappa shape index (κ2) is 4.80. The highest BCUT2D eigenvalue weighted by atomic mass is 16.5. The van der Waals surface area contributed by atoms with Gasteiger partial charge in [0, 0.05) is 12.1 Å². The number of hydrogen-bond acceptors (Lipinski definition) is 2. The number of pyridine rings is 1. The summed E-state index contributed by atoms with van der Waals surface area (Å²) in [6, 6.07) is 3.82. The summed E-state index contributed by atoms with van der Waals surface area (Å²) in [5.41, 5.74) is 0. The van der Waals surface area contributed by atoms with Gasteiger partial charge in [-0.2, -0.15) is 14.1 Å². The molecule has 0 N–H and O–H groups in total. The average molecular weight is 271 g/mol. The quantitative estimate of drug-likeness (QED) is 0.644. The van der Waals surface area contributed by atoms with E-state index in [9.17, 15) is 0 Å². The van der Waals surface area contributed by atoms with Crippen molar-refractivity contribution < 1.29 is 13.9 Å². The Morgan fingerprint density at radius 3 is 1.80 bits per heavy atom. The van der Waals surface area contributed by atoms with E-state index < -0.39 is 0 Å². The lowest BCUT2D eigenvalue weighted by molar-refractivity contribution is -0.670. The van der Waals surface area contributed by atoms with Gasteiger partial charge in [0.15, 0.2) is 0 Å². The normalized spacial score (nSPS) is 10.8. The monoisotopic (exact) mass is 271 g/mol. The molecule has 0 aliphatic heterocycles. The molecular weight excluding hydrogens is 254 g/mol. The minimum absolute atomic E-state index is 0.776. The van der Waals surface area contributed by atoms with Gasteiger partial charge in [-0.3, -0.25) is 0 Å². The van der Waals surface area contributed by atoms with Crippen molar-refractivity contribution >= 4 is 0 Å². The summed E-state index contributed by atoms with van der Waals surface area (Å²) >= 11 is 0. The van der Waals surface area contributed by atoms with Gasteiger partial charge in [-0.1, -0.05) is 0 Å². The molecule has 3 aromatic heterocycles. The van der Waals surface area contributed by atoms with Gasteiger partial charge < -0.3 is 4.74 Å². The molecule has 0 bridgehead atoms. The highest BCUT2D eigenvalue weighted by Crippen LogP contribution is 2.18. The molecule has 0 radical (unpaired) electrons. The number of methoxy groups -OCH3 is 1. The van der Waals surface area contributed by atoms with Crippen molar-refractivity contribution in [2.24, 2.45) is 14.1 Å². The Balaban J connectivity index is 2.12. The van der Waals surface area contributed by atoms with Crippen molar-refractivity contribution in [3.63, 3.8) is 0 Å². The maximum Gasteiger partial charge on any atom is 0.250 e. The molecule has 0 atom stereocenters. The molecule has 20 heavy (non-hydrogen) atoms. The SMILES string of the molecule is COc1cc(-n2cc[n+](C)c2)nc(-n2cc[n+](C)c2)c1. The van der Waals surface area contributed by atoms with Gasteiger partial charge in [0.1, 0.15) is 30.5 Å². The molecule has 0 fully saturated rings. The predicted octanol–water partition coefficient (Wildman–Crippen LogP) is 0.321. The minimum Gasteiger partial charge on any atom is -0.496 e. The molecule has 0 aliphatic rings. The van der Waals surface area contributed by atoms with Crippen molar-refractivity contribution in [2.45, 2.75) is 0 Å². The molecule has 0 saturated carbocycles. The first-order valence-electron chi connectivity index (χ1n) is 6.29. The van der Waals surface area contributed by atoms with E-state index in [0.29, 0.717) is 0 Å². The first kappa shape index (κ1) is 12.4. The molecule has 6 nitrogen and oxygen atoms in total. The zero-order valence-electron chi connectivity index (χ0n) is 11.8. The van der Waals surface area contributed by atoms with Crippen molar-refractivity contribution in [3.05, 3.63) is 49.6 Å². The minimum atomic E-state index is 0.776. The van der Waals surface area contributed by atoms with Crippen LogP contribution >= 0.6 is 0 Å². The first-order valence-corrected chi connectivity index (χ1v) is 6.29. The molecule has 0 saturated heterocycles. The Hall–Kier alpha value is -2.63. The summed E-state index contributed by atoms with van der Waals surface area (Å²) in [6.07, 6.45) is 11.8. The van der Waals surface area contributed by atoms with Crippen LogP contribution in [0.3, 0.4) is 0 Å². The smallest absolute Gasteiger partial charge is 0.250 e. The van der Waals surface area contributed by atoms with Crippen molar-refractivity contribution in [3.8, 4) is 17.4 Å². The van der Waals surface area contributed by atoms with Gasteiger partial charge in [-0.25, -0.2) is 9.13 Å². The number of aromatic nitrogens is 5. The van der Waals surface area contributed by atoms with Crippen molar-refractivity contribution in [1.29, 1.82) is 0 Å². The number of ether oxygens (including phenoxy) is 1. The fourth-order valence-corrected chi connectivity index (χ4v) is 2.03. The maximum atomic E-state index is 5.37. The zero-order valence-corrected chi connectivity index (χ0v) is 11.8. The second-order valence-corrected chi connectivity index (χ2v) is 4.70. The highest BCUT2D eigenvalue weighted by molar-refractivity contribution is 5.40. The summed E-state index contributed by atoms with van der Waals surface area (Å²) in [7, 11) is 5.61. The summed E-state index contributed by atoms with van der Waals surface area (Å²) in [5, 5.41) is 0. The topological polar surface area (TPSA) is 39.7 Å². The van der Waals surface area contributed by atoms with Crippen LogP contribution in [0.1, 0.15) is 0 Å². The highest BCUT2D eigenvalue weighted by Gasteiger charge is 2.14. The van der Waals surface area contributed by atoms with Crippen molar-refractivity contribution in [2.75, 3.05) is 7.11 Å². The van der Waals surface area contributed by atoms with Gasteiger partial charge in [0.2, 0.25) is 24.3 Å². The van der Waals surface area contributed by atoms with E-state index in [-0.39, 0.29) is 0 Å². The summed E-state index contributed by atoms with van der Waals surface area (Å²) < 4.78 is 13.2. The molecule has 102 valence electrons. The summed E-state index contributed by atoms with van der Waals surface area (Å²) in [5.74, 6) is 2.41. The average Bonchev–Trinajstić information content (AvgIpc) is 3.07. The van der Waals surface area contributed by atoms with Crippen LogP contribution in [0.15, 0.2) is 49.6 Å². The second-order valence-electron chi connectivity index (χ2n) is 4.70. The Morgan fingerprint density at radius 1 is 0.950 bits per heavy atom. The van der Waals surface area contributed by atoms with Gasteiger partial charge in [-0.15, -0.1) is 0 Å². The van der Waals surface area contributed by atoms with Crippen LogP contribution in [0.25, 0.3) is 11.6 Å². The van der Waals surface area contributed by atoms with Gasteiger partial charge in [-0.05, 0) is 0 Å². The molecule has 3 aromatic rings. The number of imidazole rings is 2. The Kier molecular flexibility index (Phi) is 2.98. The largest absolute Gasteiger partial charge is 0.496 e. The summed E-state index contributed by atoms with van der Waals surface area (Å²) in [4.78, 5) is 4.67. The Labute approximate surface area is 117 Å². The lowest BCUT2D eigenvalue weighted by atomic mass is 10.4. The molecule has 0 aromatic carbocycles. The third kappa shape index (κ3) is 2.27. The number of aryl methyl sites for hydroxylation is 2. The number of nitrogens with zero attached hydrogens (tertiary/aromatic N) is 5. The molecular formula is C14H17N5O+2. The molecule has 0 unspecified atom stereocenters. The predicted molar refractivity (Wildman–Crippen MR) is 71.8 cm³/mol. The lowest BCUT2D eigenvalue weighted by Gasteiger charge is -2.03. The fourth-order valence-electron chi connectivity index (χ4n) is 2.03. The third-order valence-corrected chi connectivity index (χ3v) is 3.07. The molecule has 0 spiro atoms. The third-order valence-electron chi connectivity index (χ3n) is 3.07. The van der Waals surface area contributed by atoms with E-state index in [0.717, 1.165) is 17.4 Å². The first-order chi connectivity index (χ1) is 9.65. The van der Waals surface area contributed by atoms with E-state index in [1.807, 2.05) is 81.9 Å². The Morgan fingerprint density at radius 2 is 1.45 bits per heavy atom. The van der Waals surface area contributed by atoms with Crippen LogP contribution in [-0.4, -0.2) is 21.2 Å². The van der Waals surface area contributed by atoms with Crippen LogP contribution in [-0.2, 0) is 14.1 Å². The van der Waals surface area contributed by atoms with E-state index in [1.54, 1.807) is 7.11 Å². The molecule has 0 aliphatic carbocycles. The number of hydrogen-bond donors (Lipinski definition) is 0. The van der Waals surface area contributed by atoms with Crippen molar-refractivity contribution in [1.82, 2.24) is 14.1 Å². The van der Waals surface area contributed by atoms with Gasteiger partial charge >= 0.3 is 0 Å². The standard InChI is InChI=1S/C14H17N5O/c1-16-4-6-18(10-16)13-8-12(20-3)9-14(15-13)19-7-5-17(2)11-19/h4-11H,1-3H3/q+2. The molecule has 3 rings (SSSR count). The lowest BCUT2D eigenvalue weighted by Crippen LogP contribution is -2.24. The van der Waals surface area contributed by atoms with Gasteiger partial charge in [0.05, 0.1) is 21.2 Å². The van der Waals surface area contributed by atoms with E-state index in [2.05, 4.69) is 4.98 Å². The van der Waals surface area contributed by atoms with Crippen LogP contribution < -0.4 is 13.9 Å². The number of rotatable bonds is 3. The van der Waals surface area contributed by atoms with Crippen LogP contribution in [0.4, 0.5) is 0 Å². The fraction of sp³-hybridized carbons (Fsp3) is 0.214. The van der Waals surface area contributed by atoms with E-state index in [4.69, 9.17) is 4.74 Å². The van der Waals surface area contributed by atoms with Crippen LogP contribution in [0, 0.1) is 0 Å². The Bertz CT molecular complexity index is 685. The maximum absolute atomic E-state index is 5.37.